The van der Waals surface area contributed by atoms with E-state index in [0.29, 0.717) is 12.1 Å². The van der Waals surface area contributed by atoms with Crippen LogP contribution in [0.15, 0.2) is 53.1 Å². The van der Waals surface area contributed by atoms with Crippen molar-refractivity contribution < 1.29 is 4.42 Å². The average Bonchev–Trinajstić information content (AvgIpc) is 2.92. The van der Waals surface area contributed by atoms with Crippen LogP contribution in [0.1, 0.15) is 24.3 Å². The van der Waals surface area contributed by atoms with Gasteiger partial charge >= 0.3 is 0 Å². The lowest BCUT2D eigenvalue weighted by atomic mass is 10.1. The van der Waals surface area contributed by atoms with E-state index in [9.17, 15) is 0 Å². The van der Waals surface area contributed by atoms with Crippen LogP contribution in [0.5, 0.6) is 0 Å². The van der Waals surface area contributed by atoms with Gasteiger partial charge in [0.05, 0.1) is 6.26 Å². The number of nitrogens with one attached hydrogen (secondary N) is 1. The van der Waals surface area contributed by atoms with Crippen molar-refractivity contribution in [1.82, 2.24) is 10.2 Å². The van der Waals surface area contributed by atoms with Crippen LogP contribution in [0.2, 0.25) is 0 Å². The first-order valence-electron chi connectivity index (χ1n) is 7.14. The van der Waals surface area contributed by atoms with E-state index in [-0.39, 0.29) is 0 Å². The van der Waals surface area contributed by atoms with Crippen LogP contribution in [-0.4, -0.2) is 31.6 Å². The summed E-state index contributed by atoms with van der Waals surface area (Å²) in [5, 5.41) is 3.60. The number of nitrogens with zero attached hydrogens (tertiary/aromatic N) is 1. The normalized spacial score (nSPS) is 14.4. The number of hydrogen-bond acceptors (Lipinski definition) is 3. The molecule has 20 heavy (non-hydrogen) atoms. The van der Waals surface area contributed by atoms with E-state index in [1.165, 1.54) is 5.56 Å². The summed E-state index contributed by atoms with van der Waals surface area (Å²) in [5.74, 6) is 1.03. The summed E-state index contributed by atoms with van der Waals surface area (Å²) in [5.41, 5.74) is 1.34. The maximum absolute atomic E-state index is 5.39. The van der Waals surface area contributed by atoms with Crippen molar-refractivity contribution in [2.75, 3.05) is 20.6 Å². The standard InChI is InChI=1S/C17H24N2O/c1-14(12-16-10-7-11-20-16)18-13-17(19(2)3)15-8-5-4-6-9-15/h4-11,14,17-18H,12-13H2,1-3H3. The zero-order chi connectivity index (χ0) is 14.4. The second-order valence-electron chi connectivity index (χ2n) is 5.48. The van der Waals surface area contributed by atoms with Crippen molar-refractivity contribution in [3.05, 3.63) is 60.1 Å². The molecule has 0 saturated carbocycles. The van der Waals surface area contributed by atoms with E-state index in [4.69, 9.17) is 4.42 Å². The second kappa shape index (κ2) is 7.27. The highest BCUT2D eigenvalue weighted by Gasteiger charge is 2.15. The third-order valence-corrected chi connectivity index (χ3v) is 3.55. The van der Waals surface area contributed by atoms with Gasteiger partial charge in [0.1, 0.15) is 5.76 Å². The topological polar surface area (TPSA) is 28.4 Å². The Kier molecular flexibility index (Phi) is 5.39. The lowest BCUT2D eigenvalue weighted by Crippen LogP contribution is -2.36. The first-order chi connectivity index (χ1) is 9.66. The highest BCUT2D eigenvalue weighted by Crippen LogP contribution is 2.17. The Hall–Kier alpha value is -1.58. The van der Waals surface area contributed by atoms with Gasteiger partial charge in [-0.3, -0.25) is 0 Å². The Morgan fingerprint density at radius 1 is 1.10 bits per heavy atom. The highest BCUT2D eigenvalue weighted by molar-refractivity contribution is 5.19. The van der Waals surface area contributed by atoms with Crippen molar-refractivity contribution in [3.8, 4) is 0 Å². The summed E-state index contributed by atoms with van der Waals surface area (Å²) in [4.78, 5) is 2.25. The maximum Gasteiger partial charge on any atom is 0.105 e. The molecule has 0 bridgehead atoms. The van der Waals surface area contributed by atoms with E-state index in [1.54, 1.807) is 6.26 Å². The number of rotatable bonds is 7. The molecule has 3 nitrogen and oxygen atoms in total. The SMILES string of the molecule is CC(Cc1ccco1)NCC(c1ccccc1)N(C)C. The molecular weight excluding hydrogens is 248 g/mol. The Labute approximate surface area is 121 Å². The molecule has 2 atom stereocenters. The second-order valence-corrected chi connectivity index (χ2v) is 5.48. The molecule has 3 heteroatoms. The van der Waals surface area contributed by atoms with Crippen LogP contribution in [-0.2, 0) is 6.42 Å². The summed E-state index contributed by atoms with van der Waals surface area (Å²) in [6.07, 6.45) is 2.65. The van der Waals surface area contributed by atoms with Crippen LogP contribution >= 0.6 is 0 Å². The van der Waals surface area contributed by atoms with Crippen molar-refractivity contribution in [1.29, 1.82) is 0 Å². The van der Waals surface area contributed by atoms with Crippen LogP contribution < -0.4 is 5.32 Å². The smallest absolute Gasteiger partial charge is 0.105 e. The van der Waals surface area contributed by atoms with Gasteiger partial charge in [-0.25, -0.2) is 0 Å². The fraction of sp³-hybridized carbons (Fsp3) is 0.412. The molecule has 0 aliphatic heterocycles. The summed E-state index contributed by atoms with van der Waals surface area (Å²) in [7, 11) is 4.24. The Balaban J connectivity index is 1.89. The quantitative estimate of drug-likeness (QED) is 0.839. The van der Waals surface area contributed by atoms with Gasteiger partial charge < -0.3 is 14.6 Å². The van der Waals surface area contributed by atoms with Gasteiger partial charge in [0.25, 0.3) is 0 Å². The van der Waals surface area contributed by atoms with Crippen LogP contribution in [0.4, 0.5) is 0 Å². The Bertz CT molecular complexity index is 479. The predicted molar refractivity (Wildman–Crippen MR) is 82.7 cm³/mol. The molecule has 108 valence electrons. The van der Waals surface area contributed by atoms with Gasteiger partial charge in [0.15, 0.2) is 0 Å². The predicted octanol–water partition coefficient (Wildman–Crippen LogP) is 3.10. The highest BCUT2D eigenvalue weighted by atomic mass is 16.3. The van der Waals surface area contributed by atoms with Crippen LogP contribution in [0, 0.1) is 0 Å². The number of likely N-dealkylation sites (N-methyl/N-ethyl adjacent to an activating group) is 1. The van der Waals surface area contributed by atoms with E-state index in [2.05, 4.69) is 61.6 Å². The van der Waals surface area contributed by atoms with Crippen molar-refractivity contribution in [3.63, 3.8) is 0 Å². The fourth-order valence-corrected chi connectivity index (χ4v) is 2.39. The molecule has 2 rings (SSSR count). The van der Waals surface area contributed by atoms with E-state index < -0.39 is 0 Å². The van der Waals surface area contributed by atoms with Crippen molar-refractivity contribution >= 4 is 0 Å². The van der Waals surface area contributed by atoms with Gasteiger partial charge in [-0.05, 0) is 38.7 Å². The molecule has 0 amide bonds. The molecule has 2 unspecified atom stereocenters. The molecule has 0 spiro atoms. The molecule has 1 aromatic carbocycles. The van der Waals surface area contributed by atoms with Crippen molar-refractivity contribution in [2.45, 2.75) is 25.4 Å². The minimum absolute atomic E-state index is 0.384. The average molecular weight is 272 g/mol. The van der Waals surface area contributed by atoms with Gasteiger partial charge in [0, 0.05) is 25.0 Å². The van der Waals surface area contributed by atoms with Gasteiger partial charge in [-0.15, -0.1) is 0 Å². The molecule has 0 saturated heterocycles. The lowest BCUT2D eigenvalue weighted by Gasteiger charge is -2.26. The summed E-state index contributed by atoms with van der Waals surface area (Å²) in [6.45, 7) is 3.12. The first kappa shape index (κ1) is 14.8. The molecule has 0 aliphatic rings. The zero-order valence-corrected chi connectivity index (χ0v) is 12.5. The van der Waals surface area contributed by atoms with E-state index in [1.807, 2.05) is 12.1 Å². The third kappa shape index (κ3) is 4.22. The third-order valence-electron chi connectivity index (χ3n) is 3.55. The first-order valence-corrected chi connectivity index (χ1v) is 7.14. The monoisotopic (exact) mass is 272 g/mol. The van der Waals surface area contributed by atoms with Crippen LogP contribution in [0.25, 0.3) is 0 Å². The molecule has 0 radical (unpaired) electrons. The van der Waals surface area contributed by atoms with E-state index >= 15 is 0 Å². The molecule has 1 heterocycles. The van der Waals surface area contributed by atoms with Crippen LogP contribution in [0.3, 0.4) is 0 Å². The molecule has 0 fully saturated rings. The van der Waals surface area contributed by atoms with Gasteiger partial charge in [-0.2, -0.15) is 0 Å². The lowest BCUT2D eigenvalue weighted by molar-refractivity contribution is 0.279. The van der Waals surface area contributed by atoms with Gasteiger partial charge in [0.2, 0.25) is 0 Å². The number of benzene rings is 1. The molecule has 0 aliphatic carbocycles. The molecular formula is C17H24N2O. The van der Waals surface area contributed by atoms with Crippen molar-refractivity contribution in [2.24, 2.45) is 0 Å². The summed E-state index contributed by atoms with van der Waals surface area (Å²) >= 11 is 0. The fourth-order valence-electron chi connectivity index (χ4n) is 2.39. The minimum atomic E-state index is 0.384. The largest absolute Gasteiger partial charge is 0.469 e. The maximum atomic E-state index is 5.39. The Morgan fingerprint density at radius 2 is 1.85 bits per heavy atom. The van der Waals surface area contributed by atoms with E-state index in [0.717, 1.165) is 18.7 Å². The Morgan fingerprint density at radius 3 is 2.45 bits per heavy atom. The number of hydrogen-bond donors (Lipinski definition) is 1. The van der Waals surface area contributed by atoms with Gasteiger partial charge in [-0.1, -0.05) is 30.3 Å². The molecule has 1 aromatic heterocycles. The molecule has 2 aromatic rings. The zero-order valence-electron chi connectivity index (χ0n) is 12.5. The minimum Gasteiger partial charge on any atom is -0.469 e. The molecule has 1 N–H and O–H groups in total. The summed E-state index contributed by atoms with van der Waals surface area (Å²) < 4.78 is 5.39. The number of furan rings is 1. The summed E-state index contributed by atoms with van der Waals surface area (Å²) in [6, 6.07) is 15.4.